The number of aliphatic hydroxyl groups excluding tert-OH is 2. The van der Waals surface area contributed by atoms with Gasteiger partial charge in [0.2, 0.25) is 0 Å². The van der Waals surface area contributed by atoms with Crippen LogP contribution in [-0.2, 0) is 6.18 Å². The molecule has 0 amide bonds. The van der Waals surface area contributed by atoms with Crippen molar-refractivity contribution in [1.82, 2.24) is 0 Å². The highest BCUT2D eigenvalue weighted by atomic mass is 19.4. The molecular formula is C10H12F3NO3. The molecule has 0 aliphatic rings. The summed E-state index contributed by atoms with van der Waals surface area (Å²) in [5, 5.41) is 17.5. The average molecular weight is 251 g/mol. The molecule has 4 N–H and O–H groups in total. The molecule has 96 valence electrons. The second kappa shape index (κ2) is 5.24. The summed E-state index contributed by atoms with van der Waals surface area (Å²) < 4.78 is 42.3. The summed E-state index contributed by atoms with van der Waals surface area (Å²) in [6.07, 6.45) is -5.69. The van der Waals surface area contributed by atoms with Gasteiger partial charge in [0.1, 0.15) is 18.5 Å². The van der Waals surface area contributed by atoms with Gasteiger partial charge in [-0.15, -0.1) is 0 Å². The van der Waals surface area contributed by atoms with Crippen molar-refractivity contribution in [3.8, 4) is 5.75 Å². The van der Waals surface area contributed by atoms with Gasteiger partial charge >= 0.3 is 6.18 Å². The van der Waals surface area contributed by atoms with Crippen LogP contribution in [0, 0.1) is 0 Å². The molecule has 1 unspecified atom stereocenters. The lowest BCUT2D eigenvalue weighted by atomic mass is 10.1. The van der Waals surface area contributed by atoms with Crippen molar-refractivity contribution >= 4 is 5.69 Å². The Morgan fingerprint density at radius 3 is 2.53 bits per heavy atom. The molecule has 0 spiro atoms. The van der Waals surface area contributed by atoms with Crippen LogP contribution in [0.3, 0.4) is 0 Å². The molecule has 0 heterocycles. The van der Waals surface area contributed by atoms with Gasteiger partial charge < -0.3 is 20.7 Å². The second-order valence-corrected chi connectivity index (χ2v) is 3.39. The van der Waals surface area contributed by atoms with E-state index in [2.05, 4.69) is 0 Å². The SMILES string of the molecule is Nc1ccc(OCC(O)CO)cc1C(F)(F)F. The van der Waals surface area contributed by atoms with Crippen LogP contribution in [0.15, 0.2) is 18.2 Å². The van der Waals surface area contributed by atoms with Crippen LogP contribution in [0.1, 0.15) is 5.56 Å². The number of ether oxygens (including phenoxy) is 1. The van der Waals surface area contributed by atoms with Gasteiger partial charge in [-0.05, 0) is 18.2 Å². The molecule has 0 saturated heterocycles. The predicted octanol–water partition coefficient (Wildman–Crippen LogP) is 1.02. The van der Waals surface area contributed by atoms with E-state index in [1.807, 2.05) is 0 Å². The monoisotopic (exact) mass is 251 g/mol. The maximum atomic E-state index is 12.5. The Bertz CT molecular complexity index is 382. The van der Waals surface area contributed by atoms with Gasteiger partial charge in [-0.1, -0.05) is 0 Å². The third-order valence-corrected chi connectivity index (χ3v) is 1.98. The van der Waals surface area contributed by atoms with Crippen molar-refractivity contribution < 1.29 is 28.1 Å². The third kappa shape index (κ3) is 3.79. The number of nitrogen functional groups attached to an aromatic ring is 1. The zero-order valence-corrected chi connectivity index (χ0v) is 8.74. The van der Waals surface area contributed by atoms with Crippen molar-refractivity contribution in [3.63, 3.8) is 0 Å². The molecule has 0 radical (unpaired) electrons. The zero-order chi connectivity index (χ0) is 13.1. The molecule has 1 aromatic rings. The number of hydrogen-bond acceptors (Lipinski definition) is 4. The minimum atomic E-state index is -4.56. The van der Waals surface area contributed by atoms with Crippen LogP contribution in [0.25, 0.3) is 0 Å². The Morgan fingerprint density at radius 2 is 2.00 bits per heavy atom. The Morgan fingerprint density at radius 1 is 1.35 bits per heavy atom. The van der Waals surface area contributed by atoms with Gasteiger partial charge in [0.25, 0.3) is 0 Å². The maximum Gasteiger partial charge on any atom is 0.418 e. The number of halogens is 3. The fraction of sp³-hybridized carbons (Fsp3) is 0.400. The molecule has 0 bridgehead atoms. The molecule has 0 aliphatic heterocycles. The number of anilines is 1. The molecule has 0 aromatic heterocycles. The van der Waals surface area contributed by atoms with Gasteiger partial charge in [-0.25, -0.2) is 0 Å². The summed E-state index contributed by atoms with van der Waals surface area (Å²) in [5.74, 6) is -0.0703. The molecule has 1 rings (SSSR count). The summed E-state index contributed by atoms with van der Waals surface area (Å²) in [6, 6.07) is 3.08. The maximum absolute atomic E-state index is 12.5. The third-order valence-electron chi connectivity index (χ3n) is 1.98. The topological polar surface area (TPSA) is 75.7 Å². The molecular weight excluding hydrogens is 239 g/mol. The number of aliphatic hydroxyl groups is 2. The van der Waals surface area contributed by atoms with Crippen LogP contribution in [0.5, 0.6) is 5.75 Å². The lowest BCUT2D eigenvalue weighted by Gasteiger charge is -2.13. The summed E-state index contributed by atoms with van der Waals surface area (Å²) in [6.45, 7) is -0.821. The van der Waals surface area contributed by atoms with E-state index in [0.717, 1.165) is 12.1 Å². The first kappa shape index (κ1) is 13.6. The Hall–Kier alpha value is -1.47. The van der Waals surface area contributed by atoms with Gasteiger partial charge in [-0.3, -0.25) is 0 Å². The first-order valence-corrected chi connectivity index (χ1v) is 4.73. The van der Waals surface area contributed by atoms with Crippen molar-refractivity contribution in [1.29, 1.82) is 0 Å². The Kier molecular flexibility index (Phi) is 4.19. The summed E-state index contributed by atoms with van der Waals surface area (Å²) in [7, 11) is 0. The van der Waals surface area contributed by atoms with Gasteiger partial charge in [0, 0.05) is 5.69 Å². The van der Waals surface area contributed by atoms with E-state index in [1.165, 1.54) is 6.07 Å². The van der Waals surface area contributed by atoms with Crippen LogP contribution >= 0.6 is 0 Å². The molecule has 1 aromatic carbocycles. The van der Waals surface area contributed by atoms with Gasteiger partial charge in [0.15, 0.2) is 0 Å². The summed E-state index contributed by atoms with van der Waals surface area (Å²) in [5.41, 5.74) is 3.80. The number of hydrogen-bond donors (Lipinski definition) is 3. The van der Waals surface area contributed by atoms with E-state index in [4.69, 9.17) is 20.7 Å². The van der Waals surface area contributed by atoms with E-state index in [-0.39, 0.29) is 12.4 Å². The van der Waals surface area contributed by atoms with Crippen LogP contribution in [0.2, 0.25) is 0 Å². The summed E-state index contributed by atoms with van der Waals surface area (Å²) >= 11 is 0. The predicted molar refractivity (Wildman–Crippen MR) is 54.4 cm³/mol. The van der Waals surface area contributed by atoms with E-state index in [9.17, 15) is 13.2 Å². The standard InChI is InChI=1S/C10H12F3NO3/c11-10(12,13)8-3-7(1-2-9(8)14)17-5-6(16)4-15/h1-3,6,15-16H,4-5,14H2. The van der Waals surface area contributed by atoms with Gasteiger partial charge in [0.05, 0.1) is 12.2 Å². The molecule has 4 nitrogen and oxygen atoms in total. The average Bonchev–Trinajstić information content (AvgIpc) is 2.26. The number of rotatable bonds is 4. The smallest absolute Gasteiger partial charge is 0.418 e. The van der Waals surface area contributed by atoms with E-state index < -0.39 is 30.1 Å². The molecule has 0 aliphatic carbocycles. The second-order valence-electron chi connectivity index (χ2n) is 3.39. The minimum absolute atomic E-state index is 0.0703. The quantitative estimate of drug-likeness (QED) is 0.698. The van der Waals surface area contributed by atoms with Crippen LogP contribution in [-0.4, -0.2) is 29.5 Å². The van der Waals surface area contributed by atoms with Crippen LogP contribution < -0.4 is 10.5 Å². The fourth-order valence-corrected chi connectivity index (χ4v) is 1.12. The first-order chi connectivity index (χ1) is 7.84. The summed E-state index contributed by atoms with van der Waals surface area (Å²) in [4.78, 5) is 0. The van der Waals surface area contributed by atoms with Crippen LogP contribution in [0.4, 0.5) is 18.9 Å². The van der Waals surface area contributed by atoms with Crippen molar-refractivity contribution in [2.45, 2.75) is 12.3 Å². The zero-order valence-electron chi connectivity index (χ0n) is 8.74. The number of alkyl halides is 3. The molecule has 0 fully saturated rings. The molecule has 7 heteroatoms. The van der Waals surface area contributed by atoms with Crippen molar-refractivity contribution in [2.75, 3.05) is 18.9 Å². The minimum Gasteiger partial charge on any atom is -0.491 e. The van der Waals surface area contributed by atoms with Crippen molar-refractivity contribution in [3.05, 3.63) is 23.8 Å². The molecule has 17 heavy (non-hydrogen) atoms. The highest BCUT2D eigenvalue weighted by Gasteiger charge is 2.33. The molecule has 1 atom stereocenters. The molecule has 0 saturated carbocycles. The van der Waals surface area contributed by atoms with E-state index in [1.54, 1.807) is 0 Å². The highest BCUT2D eigenvalue weighted by molar-refractivity contribution is 5.51. The first-order valence-electron chi connectivity index (χ1n) is 4.73. The number of nitrogens with two attached hydrogens (primary N) is 1. The largest absolute Gasteiger partial charge is 0.491 e. The van der Waals surface area contributed by atoms with Gasteiger partial charge in [-0.2, -0.15) is 13.2 Å². The lowest BCUT2D eigenvalue weighted by Crippen LogP contribution is -2.21. The number of benzene rings is 1. The Balaban J connectivity index is 2.82. The normalized spacial score (nSPS) is 13.5. The lowest BCUT2D eigenvalue weighted by molar-refractivity contribution is -0.137. The fourth-order valence-electron chi connectivity index (χ4n) is 1.12. The van der Waals surface area contributed by atoms with Crippen molar-refractivity contribution in [2.24, 2.45) is 0 Å². The van der Waals surface area contributed by atoms with E-state index in [0.29, 0.717) is 0 Å². The highest BCUT2D eigenvalue weighted by Crippen LogP contribution is 2.35. The Labute approximate surface area is 95.4 Å². The van der Waals surface area contributed by atoms with E-state index >= 15 is 0 Å².